The number of aromatic nitrogens is 1. The predicted molar refractivity (Wildman–Crippen MR) is 126 cm³/mol. The number of rotatable bonds is 6. The molecule has 1 fully saturated rings. The fourth-order valence-electron chi connectivity index (χ4n) is 3.34. The summed E-state index contributed by atoms with van der Waals surface area (Å²) in [4.78, 5) is 11.5. The molecular weight excluding hydrogens is 465 g/mol. The van der Waals surface area contributed by atoms with Gasteiger partial charge < -0.3 is 20.3 Å². The lowest BCUT2D eigenvalue weighted by Gasteiger charge is -2.22. The lowest BCUT2D eigenvalue weighted by atomic mass is 10.2. The smallest absolute Gasteiger partial charge is 0.191 e. The van der Waals surface area contributed by atoms with Gasteiger partial charge in [0.05, 0.1) is 25.0 Å². The number of aliphatic imine (C=N–C) groups is 1. The molecule has 1 aliphatic rings. The summed E-state index contributed by atoms with van der Waals surface area (Å²) in [5, 5.41) is 6.92. The Kier molecular flexibility index (Phi) is 8.82. The van der Waals surface area contributed by atoms with Gasteiger partial charge in [0.15, 0.2) is 5.96 Å². The highest BCUT2D eigenvalue weighted by Crippen LogP contribution is 2.30. The Hall–Kier alpha value is -2.03. The molecule has 1 aromatic carbocycles. The van der Waals surface area contributed by atoms with Crippen LogP contribution in [0.15, 0.2) is 47.6 Å². The second-order valence-corrected chi connectivity index (χ2v) is 6.71. The molecule has 1 aliphatic heterocycles. The molecule has 3 rings (SSSR count). The number of halogens is 1. The Morgan fingerprint density at radius 2 is 2.11 bits per heavy atom. The van der Waals surface area contributed by atoms with Gasteiger partial charge in [-0.3, -0.25) is 4.98 Å². The van der Waals surface area contributed by atoms with Gasteiger partial charge in [0.25, 0.3) is 0 Å². The van der Waals surface area contributed by atoms with Gasteiger partial charge in [0, 0.05) is 31.9 Å². The van der Waals surface area contributed by atoms with Crippen molar-refractivity contribution >= 4 is 35.6 Å². The normalized spacial score (nSPS) is 16.5. The van der Waals surface area contributed by atoms with Gasteiger partial charge in [-0.2, -0.15) is 0 Å². The average Bonchev–Trinajstić information content (AvgIpc) is 3.15. The number of hydrogen-bond acceptors (Lipinski definition) is 4. The molecule has 1 unspecified atom stereocenters. The minimum absolute atomic E-state index is 0. The van der Waals surface area contributed by atoms with E-state index in [1.807, 2.05) is 24.4 Å². The first kappa shape index (κ1) is 22.3. The zero-order chi connectivity index (χ0) is 19.1. The largest absolute Gasteiger partial charge is 0.495 e. The van der Waals surface area contributed by atoms with Gasteiger partial charge in [-0.05, 0) is 44.0 Å². The molecule has 0 spiro atoms. The van der Waals surface area contributed by atoms with Crippen LogP contribution < -0.4 is 20.3 Å². The number of hydrogen-bond donors (Lipinski definition) is 2. The van der Waals surface area contributed by atoms with Crippen LogP contribution in [0.25, 0.3) is 0 Å². The SMILES string of the molecule is CCNC(=NCc1ncccc1C)NC1CCN(c2ccccc2OC)C1.I. The van der Waals surface area contributed by atoms with Crippen molar-refractivity contribution in [1.29, 1.82) is 0 Å². The van der Waals surface area contributed by atoms with E-state index >= 15 is 0 Å². The highest BCUT2D eigenvalue weighted by atomic mass is 127. The molecule has 28 heavy (non-hydrogen) atoms. The van der Waals surface area contributed by atoms with Crippen LogP contribution in [-0.2, 0) is 6.54 Å². The second-order valence-electron chi connectivity index (χ2n) is 6.71. The molecule has 1 saturated heterocycles. The van der Waals surface area contributed by atoms with Crippen molar-refractivity contribution in [3.05, 3.63) is 53.9 Å². The summed E-state index contributed by atoms with van der Waals surface area (Å²) in [5.41, 5.74) is 3.33. The first-order valence-corrected chi connectivity index (χ1v) is 9.54. The summed E-state index contributed by atoms with van der Waals surface area (Å²) >= 11 is 0. The van der Waals surface area contributed by atoms with Crippen LogP contribution in [0, 0.1) is 6.92 Å². The summed E-state index contributed by atoms with van der Waals surface area (Å²) in [5.74, 6) is 1.76. The van der Waals surface area contributed by atoms with Gasteiger partial charge >= 0.3 is 0 Å². The Balaban J connectivity index is 0.00000280. The van der Waals surface area contributed by atoms with Gasteiger partial charge in [0.2, 0.25) is 0 Å². The van der Waals surface area contributed by atoms with E-state index in [4.69, 9.17) is 9.73 Å². The number of nitrogens with one attached hydrogen (secondary N) is 2. The number of para-hydroxylation sites is 2. The highest BCUT2D eigenvalue weighted by Gasteiger charge is 2.25. The van der Waals surface area contributed by atoms with Crippen molar-refractivity contribution in [2.75, 3.05) is 31.6 Å². The zero-order valence-electron chi connectivity index (χ0n) is 16.8. The molecule has 152 valence electrons. The van der Waals surface area contributed by atoms with Crippen LogP contribution in [0.2, 0.25) is 0 Å². The molecule has 2 aromatic rings. The maximum absolute atomic E-state index is 5.51. The second kappa shape index (κ2) is 11.1. The first-order valence-electron chi connectivity index (χ1n) is 9.54. The molecule has 0 saturated carbocycles. The van der Waals surface area contributed by atoms with Crippen LogP contribution in [-0.4, -0.2) is 43.7 Å². The number of nitrogens with zero attached hydrogens (tertiary/aromatic N) is 3. The fourth-order valence-corrected chi connectivity index (χ4v) is 3.34. The number of ether oxygens (including phenoxy) is 1. The Bertz CT molecular complexity index is 783. The van der Waals surface area contributed by atoms with Gasteiger partial charge in [-0.25, -0.2) is 4.99 Å². The van der Waals surface area contributed by atoms with E-state index in [0.717, 1.165) is 49.1 Å². The summed E-state index contributed by atoms with van der Waals surface area (Å²) in [6.45, 7) is 7.48. The quantitative estimate of drug-likeness (QED) is 0.366. The molecule has 6 nitrogen and oxygen atoms in total. The molecule has 2 N–H and O–H groups in total. The molecule has 0 aliphatic carbocycles. The average molecular weight is 495 g/mol. The summed E-state index contributed by atoms with van der Waals surface area (Å²) < 4.78 is 5.51. The molecule has 1 atom stereocenters. The third-order valence-electron chi connectivity index (χ3n) is 4.80. The monoisotopic (exact) mass is 495 g/mol. The van der Waals surface area contributed by atoms with E-state index in [9.17, 15) is 0 Å². The van der Waals surface area contributed by atoms with E-state index in [1.165, 1.54) is 5.56 Å². The lowest BCUT2D eigenvalue weighted by molar-refractivity contribution is 0.415. The van der Waals surface area contributed by atoms with E-state index in [0.29, 0.717) is 12.6 Å². The number of anilines is 1. The minimum Gasteiger partial charge on any atom is -0.495 e. The first-order chi connectivity index (χ1) is 13.2. The van der Waals surface area contributed by atoms with E-state index in [-0.39, 0.29) is 24.0 Å². The number of methoxy groups -OCH3 is 1. The van der Waals surface area contributed by atoms with Crippen molar-refractivity contribution in [3.8, 4) is 5.75 Å². The van der Waals surface area contributed by atoms with Crippen molar-refractivity contribution in [3.63, 3.8) is 0 Å². The van der Waals surface area contributed by atoms with Gasteiger partial charge in [-0.15, -0.1) is 24.0 Å². The molecule has 2 heterocycles. The fraction of sp³-hybridized carbons (Fsp3) is 0.429. The molecule has 7 heteroatoms. The van der Waals surface area contributed by atoms with Crippen molar-refractivity contribution in [2.24, 2.45) is 4.99 Å². The highest BCUT2D eigenvalue weighted by molar-refractivity contribution is 14.0. The topological polar surface area (TPSA) is 61.8 Å². The Labute approximate surface area is 184 Å². The van der Waals surface area contributed by atoms with Crippen LogP contribution in [0.3, 0.4) is 0 Å². The Morgan fingerprint density at radius 3 is 2.86 bits per heavy atom. The summed E-state index contributed by atoms with van der Waals surface area (Å²) in [6.07, 6.45) is 2.88. The molecule has 0 radical (unpaired) electrons. The Morgan fingerprint density at radius 1 is 1.29 bits per heavy atom. The van der Waals surface area contributed by atoms with E-state index < -0.39 is 0 Å². The van der Waals surface area contributed by atoms with Crippen LogP contribution in [0.1, 0.15) is 24.6 Å². The van der Waals surface area contributed by atoms with Crippen molar-refractivity contribution < 1.29 is 4.74 Å². The zero-order valence-corrected chi connectivity index (χ0v) is 19.1. The van der Waals surface area contributed by atoms with Crippen molar-refractivity contribution in [2.45, 2.75) is 32.9 Å². The summed E-state index contributed by atoms with van der Waals surface area (Å²) in [7, 11) is 1.72. The minimum atomic E-state index is 0. The lowest BCUT2D eigenvalue weighted by Crippen LogP contribution is -2.44. The molecule has 0 bridgehead atoms. The van der Waals surface area contributed by atoms with Gasteiger partial charge in [-0.1, -0.05) is 18.2 Å². The van der Waals surface area contributed by atoms with Crippen LogP contribution >= 0.6 is 24.0 Å². The van der Waals surface area contributed by atoms with E-state index in [2.05, 4.69) is 52.6 Å². The van der Waals surface area contributed by atoms with Crippen molar-refractivity contribution in [1.82, 2.24) is 15.6 Å². The maximum Gasteiger partial charge on any atom is 0.191 e. The van der Waals surface area contributed by atoms with E-state index in [1.54, 1.807) is 7.11 Å². The number of aryl methyl sites for hydroxylation is 1. The predicted octanol–water partition coefficient (Wildman–Crippen LogP) is 3.35. The standard InChI is InChI=1S/C21H29N5O.HI/c1-4-22-21(24-14-18-16(2)8-7-12-23-18)25-17-11-13-26(15-17)19-9-5-6-10-20(19)27-3;/h5-10,12,17H,4,11,13-15H2,1-3H3,(H2,22,24,25);1H. The molecule has 0 amide bonds. The number of guanidine groups is 1. The van der Waals surface area contributed by atoms with Crippen LogP contribution in [0.5, 0.6) is 5.75 Å². The molecule has 1 aromatic heterocycles. The van der Waals surface area contributed by atoms with Gasteiger partial charge in [0.1, 0.15) is 5.75 Å². The number of pyridine rings is 1. The maximum atomic E-state index is 5.51. The third kappa shape index (κ3) is 5.73. The molecular formula is C21H30IN5O. The third-order valence-corrected chi connectivity index (χ3v) is 4.80. The van der Waals surface area contributed by atoms with Crippen LogP contribution in [0.4, 0.5) is 5.69 Å². The summed E-state index contributed by atoms with van der Waals surface area (Å²) in [6, 6.07) is 12.6. The number of benzene rings is 1.